The van der Waals surface area contributed by atoms with E-state index in [1.54, 1.807) is 15.2 Å². The lowest BCUT2D eigenvalue weighted by atomic mass is 10.2. The van der Waals surface area contributed by atoms with Crippen molar-refractivity contribution in [2.75, 3.05) is 13.1 Å². The van der Waals surface area contributed by atoms with Gasteiger partial charge in [0.05, 0.1) is 11.4 Å². The van der Waals surface area contributed by atoms with E-state index in [1.807, 2.05) is 75.5 Å². The minimum Gasteiger partial charge on any atom is -0.266 e. The molecule has 0 aliphatic heterocycles. The normalized spacial score (nSPS) is 12.4. The molecule has 0 N–H and O–H groups in total. The summed E-state index contributed by atoms with van der Waals surface area (Å²) in [5.41, 5.74) is 1.62. The van der Waals surface area contributed by atoms with Crippen molar-refractivity contribution in [2.24, 2.45) is 11.8 Å². The number of nitrogens with zero attached hydrogens (tertiary/aromatic N) is 3. The Morgan fingerprint density at radius 2 is 1.66 bits per heavy atom. The average Bonchev–Trinajstić information content (AvgIpc) is 3.31. The maximum atomic E-state index is 13.7. The maximum absolute atomic E-state index is 13.7. The van der Waals surface area contributed by atoms with Crippen molar-refractivity contribution in [1.82, 2.24) is 14.1 Å². The second-order valence-electron chi connectivity index (χ2n) is 8.11. The second kappa shape index (κ2) is 9.24. The van der Waals surface area contributed by atoms with Gasteiger partial charge in [-0.25, -0.2) is 8.42 Å². The fourth-order valence-electron chi connectivity index (χ4n) is 3.25. The molecule has 29 heavy (non-hydrogen) atoms. The Bertz CT molecular complexity index is 998. The monoisotopic (exact) mass is 431 g/mol. The highest BCUT2D eigenvalue weighted by molar-refractivity contribution is 7.89. The molecule has 0 saturated carbocycles. The molecule has 0 fully saturated rings. The predicted molar refractivity (Wildman–Crippen MR) is 120 cm³/mol. The third kappa shape index (κ3) is 5.35. The lowest BCUT2D eigenvalue weighted by molar-refractivity contribution is 0.333. The van der Waals surface area contributed by atoms with Gasteiger partial charge in [0.1, 0.15) is 10.6 Å². The zero-order chi connectivity index (χ0) is 21.0. The lowest BCUT2D eigenvalue weighted by Crippen LogP contribution is -2.37. The van der Waals surface area contributed by atoms with Crippen molar-refractivity contribution in [3.05, 3.63) is 59.6 Å². The van der Waals surface area contributed by atoms with Crippen LogP contribution < -0.4 is 0 Å². The van der Waals surface area contributed by atoms with Crippen LogP contribution in [0.2, 0.25) is 0 Å². The number of hydrogen-bond donors (Lipinski definition) is 0. The summed E-state index contributed by atoms with van der Waals surface area (Å²) in [6.07, 6.45) is 1.69. The molecule has 0 aliphatic rings. The highest BCUT2D eigenvalue weighted by Crippen LogP contribution is 2.32. The molecule has 156 valence electrons. The van der Waals surface area contributed by atoms with Crippen LogP contribution in [0.5, 0.6) is 0 Å². The highest BCUT2D eigenvalue weighted by Gasteiger charge is 2.31. The molecule has 1 aromatic carbocycles. The van der Waals surface area contributed by atoms with E-state index < -0.39 is 10.0 Å². The predicted octanol–water partition coefficient (Wildman–Crippen LogP) is 4.96. The number of hydrogen-bond acceptors (Lipinski definition) is 4. The summed E-state index contributed by atoms with van der Waals surface area (Å²) >= 11 is 1.51. The molecular formula is C22H29N3O2S2. The van der Waals surface area contributed by atoms with Gasteiger partial charge in [-0.3, -0.25) is 4.68 Å². The van der Waals surface area contributed by atoms with E-state index in [4.69, 9.17) is 0 Å². The third-order valence-electron chi connectivity index (χ3n) is 4.43. The Morgan fingerprint density at radius 3 is 2.21 bits per heavy atom. The Balaban J connectivity index is 2.05. The van der Waals surface area contributed by atoms with Crippen molar-refractivity contribution in [3.8, 4) is 10.6 Å². The molecule has 0 bridgehead atoms. The van der Waals surface area contributed by atoms with Gasteiger partial charge in [0.25, 0.3) is 0 Å². The molecular weight excluding hydrogens is 402 g/mol. The van der Waals surface area contributed by atoms with Gasteiger partial charge in [-0.05, 0) is 28.8 Å². The van der Waals surface area contributed by atoms with Gasteiger partial charge in [-0.15, -0.1) is 11.3 Å². The number of thiophene rings is 1. The fraction of sp³-hybridized carbons (Fsp3) is 0.409. The molecule has 0 unspecified atom stereocenters. The first-order valence-electron chi connectivity index (χ1n) is 9.92. The van der Waals surface area contributed by atoms with Gasteiger partial charge in [-0.2, -0.15) is 9.40 Å². The van der Waals surface area contributed by atoms with Crippen LogP contribution in [0.1, 0.15) is 33.3 Å². The van der Waals surface area contributed by atoms with Crippen LogP contribution in [0.25, 0.3) is 10.6 Å². The lowest BCUT2D eigenvalue weighted by Gasteiger charge is -2.25. The molecule has 0 atom stereocenters. The van der Waals surface area contributed by atoms with Crippen LogP contribution in [-0.4, -0.2) is 35.6 Å². The van der Waals surface area contributed by atoms with Crippen LogP contribution in [-0.2, 0) is 16.6 Å². The summed E-state index contributed by atoms with van der Waals surface area (Å²) in [6.45, 7) is 9.69. The second-order valence-corrected chi connectivity index (χ2v) is 11.0. The maximum Gasteiger partial charge on any atom is 0.246 e. The van der Waals surface area contributed by atoms with E-state index in [0.717, 1.165) is 10.4 Å². The Morgan fingerprint density at radius 1 is 1.00 bits per heavy atom. The van der Waals surface area contributed by atoms with Crippen molar-refractivity contribution in [1.29, 1.82) is 0 Å². The van der Waals surface area contributed by atoms with Gasteiger partial charge < -0.3 is 0 Å². The van der Waals surface area contributed by atoms with E-state index in [2.05, 4.69) is 5.10 Å². The molecule has 0 saturated heterocycles. The number of benzene rings is 1. The van der Waals surface area contributed by atoms with E-state index in [0.29, 0.717) is 25.3 Å². The van der Waals surface area contributed by atoms with E-state index in [-0.39, 0.29) is 16.7 Å². The summed E-state index contributed by atoms with van der Waals surface area (Å²) in [4.78, 5) is 1.15. The standard InChI is InChI=1S/C22H29N3O2S2/c1-17(2)13-25(14-18(3)4)29(26,27)21-16-24(15-19-9-6-5-7-10-19)23-22(21)20-11-8-12-28-20/h5-12,16-18H,13-15H2,1-4H3. The van der Waals surface area contributed by atoms with Crippen LogP contribution in [0, 0.1) is 11.8 Å². The summed E-state index contributed by atoms with van der Waals surface area (Å²) in [5.74, 6) is 0.487. The minimum absolute atomic E-state index is 0.244. The minimum atomic E-state index is -3.66. The average molecular weight is 432 g/mol. The van der Waals surface area contributed by atoms with E-state index in [1.165, 1.54) is 11.3 Å². The van der Waals surface area contributed by atoms with E-state index in [9.17, 15) is 8.42 Å². The van der Waals surface area contributed by atoms with Crippen LogP contribution in [0.15, 0.2) is 58.9 Å². The smallest absolute Gasteiger partial charge is 0.246 e. The quantitative estimate of drug-likeness (QED) is 0.481. The topological polar surface area (TPSA) is 55.2 Å². The molecule has 7 heteroatoms. The molecule has 0 aliphatic carbocycles. The van der Waals surface area contributed by atoms with Crippen LogP contribution >= 0.6 is 11.3 Å². The van der Waals surface area contributed by atoms with Crippen LogP contribution in [0.4, 0.5) is 0 Å². The molecule has 2 aromatic heterocycles. The number of aromatic nitrogens is 2. The van der Waals surface area contributed by atoms with Crippen molar-refractivity contribution >= 4 is 21.4 Å². The largest absolute Gasteiger partial charge is 0.266 e. The van der Waals surface area contributed by atoms with Gasteiger partial charge in [0.15, 0.2) is 0 Å². The summed E-state index contributed by atoms with van der Waals surface area (Å²) < 4.78 is 30.7. The summed E-state index contributed by atoms with van der Waals surface area (Å²) in [5, 5.41) is 6.62. The fourth-order valence-corrected chi connectivity index (χ4v) is 5.96. The molecule has 5 nitrogen and oxygen atoms in total. The zero-order valence-electron chi connectivity index (χ0n) is 17.4. The van der Waals surface area contributed by atoms with Gasteiger partial charge >= 0.3 is 0 Å². The Kier molecular flexibility index (Phi) is 6.93. The first kappa shape index (κ1) is 21.7. The first-order valence-corrected chi connectivity index (χ1v) is 12.2. The molecule has 3 rings (SSSR count). The first-order chi connectivity index (χ1) is 13.8. The molecule has 0 radical (unpaired) electrons. The Labute approximate surface area is 178 Å². The van der Waals surface area contributed by atoms with Gasteiger partial charge in [0, 0.05) is 19.3 Å². The van der Waals surface area contributed by atoms with Gasteiger partial charge in [-0.1, -0.05) is 64.1 Å². The van der Waals surface area contributed by atoms with Crippen molar-refractivity contribution < 1.29 is 8.42 Å². The molecule has 2 heterocycles. The zero-order valence-corrected chi connectivity index (χ0v) is 19.1. The summed E-state index contributed by atoms with van der Waals surface area (Å²) in [6, 6.07) is 13.8. The van der Waals surface area contributed by atoms with Crippen molar-refractivity contribution in [2.45, 2.75) is 39.1 Å². The third-order valence-corrected chi connectivity index (χ3v) is 7.13. The van der Waals surface area contributed by atoms with Crippen LogP contribution in [0.3, 0.4) is 0 Å². The van der Waals surface area contributed by atoms with Gasteiger partial charge in [0.2, 0.25) is 10.0 Å². The number of sulfonamides is 1. The molecule has 0 spiro atoms. The Hall–Kier alpha value is -1.96. The SMILES string of the molecule is CC(C)CN(CC(C)C)S(=O)(=O)c1cn(Cc2ccccc2)nc1-c1cccs1. The number of rotatable bonds is 9. The molecule has 3 aromatic rings. The summed E-state index contributed by atoms with van der Waals surface area (Å²) in [7, 11) is -3.66. The van der Waals surface area contributed by atoms with Crippen molar-refractivity contribution in [3.63, 3.8) is 0 Å². The van der Waals surface area contributed by atoms with E-state index >= 15 is 0 Å². The molecule has 0 amide bonds. The highest BCUT2D eigenvalue weighted by atomic mass is 32.2.